The van der Waals surface area contributed by atoms with Gasteiger partial charge in [-0.3, -0.25) is 4.79 Å². The van der Waals surface area contributed by atoms with Crippen LogP contribution in [-0.2, 0) is 4.79 Å². The molecule has 1 unspecified atom stereocenters. The number of hydrogen-bond donors (Lipinski definition) is 1. The van der Waals surface area contributed by atoms with Crippen molar-refractivity contribution >= 4 is 5.78 Å². The number of hydrogen-bond acceptors (Lipinski definition) is 2. The highest BCUT2D eigenvalue weighted by Gasteiger charge is 2.58. The summed E-state index contributed by atoms with van der Waals surface area (Å²) in [6, 6.07) is 0. The Morgan fingerprint density at radius 3 is 2.81 bits per heavy atom. The summed E-state index contributed by atoms with van der Waals surface area (Å²) >= 11 is 0. The Labute approximate surface area is 128 Å². The Balaban J connectivity index is 1.68. The van der Waals surface area contributed by atoms with Gasteiger partial charge in [-0.25, -0.2) is 0 Å². The highest BCUT2D eigenvalue weighted by Crippen LogP contribution is 2.63. The van der Waals surface area contributed by atoms with E-state index >= 15 is 0 Å². The molecular weight excluding hydrogens is 260 g/mol. The van der Waals surface area contributed by atoms with Crippen LogP contribution in [0.2, 0.25) is 0 Å². The Hall–Kier alpha value is -0.630. The molecule has 3 saturated carbocycles. The van der Waals surface area contributed by atoms with E-state index in [1.807, 2.05) is 6.08 Å². The molecule has 0 spiro atoms. The molecule has 3 fully saturated rings. The molecule has 0 amide bonds. The molecule has 116 valence electrons. The Morgan fingerprint density at radius 1 is 1.19 bits per heavy atom. The molecule has 2 heteroatoms. The number of rotatable bonds is 0. The number of carbonyl (C=O) groups is 1. The van der Waals surface area contributed by atoms with Crippen LogP contribution in [0.25, 0.3) is 0 Å². The van der Waals surface area contributed by atoms with Gasteiger partial charge in [0, 0.05) is 6.42 Å². The lowest BCUT2D eigenvalue weighted by Crippen LogP contribution is -2.51. The van der Waals surface area contributed by atoms with E-state index in [-0.39, 0.29) is 11.5 Å². The first kappa shape index (κ1) is 14.0. The molecule has 7 atom stereocenters. The number of aliphatic hydroxyl groups is 1. The summed E-state index contributed by atoms with van der Waals surface area (Å²) in [5.41, 5.74) is 1.62. The van der Waals surface area contributed by atoms with Gasteiger partial charge in [0.2, 0.25) is 0 Å². The third-order valence-electron chi connectivity index (χ3n) is 7.54. The molecule has 2 nitrogen and oxygen atoms in total. The van der Waals surface area contributed by atoms with Crippen LogP contribution in [0.5, 0.6) is 0 Å². The van der Waals surface area contributed by atoms with E-state index in [0.717, 1.165) is 37.5 Å². The van der Waals surface area contributed by atoms with Gasteiger partial charge in [0.25, 0.3) is 0 Å². The molecular formula is C19H28O2. The van der Waals surface area contributed by atoms with Crippen molar-refractivity contribution in [3.63, 3.8) is 0 Å². The Kier molecular flexibility index (Phi) is 3.12. The molecule has 0 aromatic carbocycles. The van der Waals surface area contributed by atoms with E-state index in [1.54, 1.807) is 0 Å². The van der Waals surface area contributed by atoms with Crippen molar-refractivity contribution in [1.82, 2.24) is 0 Å². The normalized spacial score (nSPS) is 52.7. The summed E-state index contributed by atoms with van der Waals surface area (Å²) in [7, 11) is 0. The zero-order chi connectivity index (χ0) is 14.8. The highest BCUT2D eigenvalue weighted by molar-refractivity contribution is 5.91. The van der Waals surface area contributed by atoms with Gasteiger partial charge < -0.3 is 5.11 Å². The maximum Gasteiger partial charge on any atom is 0.155 e. The molecule has 0 bridgehead atoms. The summed E-state index contributed by atoms with van der Waals surface area (Å²) in [5, 5.41) is 10.5. The molecule has 4 aliphatic carbocycles. The van der Waals surface area contributed by atoms with Crippen molar-refractivity contribution in [2.45, 2.75) is 64.9 Å². The van der Waals surface area contributed by atoms with Gasteiger partial charge in [0.15, 0.2) is 5.78 Å². The first-order valence-corrected chi connectivity index (χ1v) is 8.92. The van der Waals surface area contributed by atoms with E-state index in [9.17, 15) is 9.90 Å². The first-order chi connectivity index (χ1) is 10.0. The van der Waals surface area contributed by atoms with Crippen LogP contribution in [0, 0.1) is 35.0 Å². The minimum Gasteiger partial charge on any atom is -0.393 e. The SMILES string of the molecule is CC1C[C@]2(C)[C@@H](O)CC[C@H]2[C@@H]2CCC3=CC(=O)CC[C@@H]3[C@@H]12. The van der Waals surface area contributed by atoms with Crippen molar-refractivity contribution in [2.24, 2.45) is 35.0 Å². The zero-order valence-corrected chi connectivity index (χ0v) is 13.3. The van der Waals surface area contributed by atoms with Gasteiger partial charge in [-0.05, 0) is 79.6 Å². The van der Waals surface area contributed by atoms with Crippen LogP contribution in [0.4, 0.5) is 0 Å². The lowest BCUT2D eigenvalue weighted by Gasteiger charge is -2.56. The second-order valence-electron chi connectivity index (χ2n) is 8.50. The second kappa shape index (κ2) is 4.68. The smallest absolute Gasteiger partial charge is 0.155 e. The summed E-state index contributed by atoms with van der Waals surface area (Å²) in [4.78, 5) is 11.7. The third-order valence-corrected chi connectivity index (χ3v) is 7.54. The molecule has 0 saturated heterocycles. The van der Waals surface area contributed by atoms with Gasteiger partial charge in [-0.15, -0.1) is 0 Å². The van der Waals surface area contributed by atoms with Crippen LogP contribution >= 0.6 is 0 Å². The number of aliphatic hydroxyl groups excluding tert-OH is 1. The first-order valence-electron chi connectivity index (χ1n) is 8.92. The maximum absolute atomic E-state index is 11.7. The van der Waals surface area contributed by atoms with E-state index in [4.69, 9.17) is 0 Å². The van der Waals surface area contributed by atoms with Gasteiger partial charge >= 0.3 is 0 Å². The molecule has 0 aromatic rings. The lowest BCUT2D eigenvalue weighted by atomic mass is 9.49. The predicted molar refractivity (Wildman–Crippen MR) is 82.6 cm³/mol. The highest BCUT2D eigenvalue weighted by atomic mass is 16.3. The van der Waals surface area contributed by atoms with Crippen molar-refractivity contribution in [2.75, 3.05) is 0 Å². The fourth-order valence-corrected chi connectivity index (χ4v) is 6.74. The molecule has 1 N–H and O–H groups in total. The molecule has 4 aliphatic rings. The average Bonchev–Trinajstić information content (AvgIpc) is 2.74. The van der Waals surface area contributed by atoms with Crippen LogP contribution in [-0.4, -0.2) is 17.0 Å². The van der Waals surface area contributed by atoms with Crippen LogP contribution in [0.15, 0.2) is 11.6 Å². The van der Waals surface area contributed by atoms with Crippen molar-refractivity contribution in [3.05, 3.63) is 11.6 Å². The van der Waals surface area contributed by atoms with E-state index in [2.05, 4.69) is 13.8 Å². The van der Waals surface area contributed by atoms with Gasteiger partial charge in [0.05, 0.1) is 6.10 Å². The van der Waals surface area contributed by atoms with E-state index < -0.39 is 0 Å². The summed E-state index contributed by atoms with van der Waals surface area (Å²) in [6.45, 7) is 4.75. The van der Waals surface area contributed by atoms with E-state index in [0.29, 0.717) is 23.5 Å². The lowest BCUT2D eigenvalue weighted by molar-refractivity contribution is -0.117. The maximum atomic E-state index is 11.7. The Bertz CT molecular complexity index is 494. The van der Waals surface area contributed by atoms with Crippen molar-refractivity contribution in [1.29, 1.82) is 0 Å². The van der Waals surface area contributed by atoms with E-state index in [1.165, 1.54) is 24.8 Å². The summed E-state index contributed by atoms with van der Waals surface area (Å²) < 4.78 is 0. The second-order valence-corrected chi connectivity index (χ2v) is 8.50. The van der Waals surface area contributed by atoms with Crippen LogP contribution in [0.1, 0.15) is 58.8 Å². The largest absolute Gasteiger partial charge is 0.393 e. The van der Waals surface area contributed by atoms with Crippen molar-refractivity contribution in [3.8, 4) is 0 Å². The predicted octanol–water partition coefficient (Wildman–Crippen LogP) is 3.74. The molecule has 4 rings (SSSR count). The third kappa shape index (κ3) is 1.91. The molecule has 0 aliphatic heterocycles. The van der Waals surface area contributed by atoms with Gasteiger partial charge in [-0.2, -0.15) is 0 Å². The quantitative estimate of drug-likeness (QED) is 0.737. The fourth-order valence-electron chi connectivity index (χ4n) is 6.74. The number of ketones is 1. The Morgan fingerprint density at radius 2 is 2.00 bits per heavy atom. The zero-order valence-electron chi connectivity index (χ0n) is 13.3. The minimum atomic E-state index is -0.0872. The van der Waals surface area contributed by atoms with Gasteiger partial charge in [0.1, 0.15) is 0 Å². The standard InChI is InChI=1S/C19H28O2/c1-11-10-19(2)16(7-8-17(19)21)15-5-3-12-9-13(20)4-6-14(12)18(11)15/h9,11,14-18,21H,3-8,10H2,1-2H3/t11?,14-,15-,16-,17-,18+,19-/m0/s1. The molecule has 21 heavy (non-hydrogen) atoms. The average molecular weight is 288 g/mol. The summed E-state index contributed by atoms with van der Waals surface area (Å²) in [6.07, 6.45) is 9.52. The number of fused-ring (bicyclic) bond motifs is 5. The number of allylic oxidation sites excluding steroid dienone is 1. The minimum absolute atomic E-state index is 0.0872. The fraction of sp³-hybridized carbons (Fsp3) is 0.842. The van der Waals surface area contributed by atoms with Gasteiger partial charge in [-0.1, -0.05) is 19.4 Å². The van der Waals surface area contributed by atoms with Crippen molar-refractivity contribution < 1.29 is 9.90 Å². The monoisotopic (exact) mass is 288 g/mol. The van der Waals surface area contributed by atoms with Crippen LogP contribution < -0.4 is 0 Å². The number of carbonyl (C=O) groups excluding carboxylic acids is 1. The molecule has 0 aromatic heterocycles. The molecule has 0 radical (unpaired) electrons. The topological polar surface area (TPSA) is 37.3 Å². The summed E-state index contributed by atoms with van der Waals surface area (Å²) in [5.74, 6) is 3.97. The van der Waals surface area contributed by atoms with Crippen LogP contribution in [0.3, 0.4) is 0 Å². The molecule has 0 heterocycles.